The molecule has 0 amide bonds. The van der Waals surface area contributed by atoms with Crippen LogP contribution in [0.4, 0.5) is 11.6 Å². The molecule has 3 heterocycles. The van der Waals surface area contributed by atoms with Crippen molar-refractivity contribution in [3.05, 3.63) is 28.0 Å². The van der Waals surface area contributed by atoms with Crippen molar-refractivity contribution in [3.63, 3.8) is 0 Å². The Hall–Kier alpha value is -2.66. The Labute approximate surface area is 155 Å². The number of unbranched alkanes of at least 4 members (excludes halogenated alkanes) is 2. The fourth-order valence-electron chi connectivity index (χ4n) is 3.57. The normalized spacial score (nSPS) is 13.0. The van der Waals surface area contributed by atoms with Gasteiger partial charge >= 0.3 is 0 Å². The van der Waals surface area contributed by atoms with E-state index >= 15 is 0 Å². The van der Waals surface area contributed by atoms with E-state index in [2.05, 4.69) is 31.6 Å². The van der Waals surface area contributed by atoms with Crippen LogP contribution in [0.25, 0.3) is 10.2 Å². The lowest BCUT2D eigenvalue weighted by Gasteiger charge is -2.07. The van der Waals surface area contributed by atoms with Crippen molar-refractivity contribution in [1.29, 1.82) is 5.26 Å². The number of aromatic nitrogens is 4. The largest absolute Gasteiger partial charge is 0.381 e. The Morgan fingerprint density at radius 2 is 2.19 bits per heavy atom. The standard InChI is InChI=1S/C18H21N7S/c19-9-12-13(24-25-16(12)20)6-2-1-3-8-21-17-15-11-5-4-7-14(11)26-18(15)23-10-22-17/h10H,1-8H2,(H3,20,24,25)(H,21,22,23). The fourth-order valence-corrected chi connectivity index (χ4v) is 4.80. The highest BCUT2D eigenvalue weighted by molar-refractivity contribution is 7.19. The summed E-state index contributed by atoms with van der Waals surface area (Å²) in [6.07, 6.45) is 9.12. The van der Waals surface area contributed by atoms with Gasteiger partial charge in [-0.05, 0) is 44.1 Å². The minimum Gasteiger partial charge on any atom is -0.381 e. The second-order valence-corrected chi connectivity index (χ2v) is 7.66. The van der Waals surface area contributed by atoms with Gasteiger partial charge < -0.3 is 11.1 Å². The van der Waals surface area contributed by atoms with Gasteiger partial charge in [-0.3, -0.25) is 5.10 Å². The minimum absolute atomic E-state index is 0.292. The maximum Gasteiger partial charge on any atom is 0.163 e. The number of hydrogen-bond acceptors (Lipinski definition) is 7. The lowest BCUT2D eigenvalue weighted by Crippen LogP contribution is -2.04. The van der Waals surface area contributed by atoms with E-state index in [0.717, 1.165) is 55.0 Å². The molecular formula is C18H21N7S. The molecule has 26 heavy (non-hydrogen) atoms. The Morgan fingerprint density at radius 3 is 3.08 bits per heavy atom. The van der Waals surface area contributed by atoms with E-state index in [1.54, 1.807) is 6.33 Å². The zero-order valence-electron chi connectivity index (χ0n) is 14.5. The van der Waals surface area contributed by atoms with Crippen LogP contribution in [-0.2, 0) is 19.3 Å². The molecule has 3 aromatic heterocycles. The number of aromatic amines is 1. The molecule has 4 N–H and O–H groups in total. The van der Waals surface area contributed by atoms with E-state index in [1.807, 2.05) is 11.3 Å². The SMILES string of the molecule is N#Cc1c(N)n[nH]c1CCCCCNc1ncnc2sc3c(c12)CCC3. The quantitative estimate of drug-likeness (QED) is 0.552. The molecule has 0 fully saturated rings. The summed E-state index contributed by atoms with van der Waals surface area (Å²) < 4.78 is 0. The number of thiophene rings is 1. The first-order valence-electron chi connectivity index (χ1n) is 9.00. The molecule has 0 saturated heterocycles. The van der Waals surface area contributed by atoms with Crippen LogP contribution in [0.5, 0.6) is 0 Å². The first-order chi connectivity index (χ1) is 12.8. The zero-order valence-corrected chi connectivity index (χ0v) is 15.3. The summed E-state index contributed by atoms with van der Waals surface area (Å²) in [5.41, 5.74) is 8.43. The molecule has 0 saturated carbocycles. The van der Waals surface area contributed by atoms with Crippen molar-refractivity contribution >= 4 is 33.2 Å². The van der Waals surface area contributed by atoms with Crippen LogP contribution in [0.15, 0.2) is 6.33 Å². The highest BCUT2D eigenvalue weighted by Crippen LogP contribution is 2.38. The second kappa shape index (κ2) is 7.30. The first-order valence-corrected chi connectivity index (χ1v) is 9.81. The average Bonchev–Trinajstić information content (AvgIpc) is 3.32. The molecule has 134 valence electrons. The van der Waals surface area contributed by atoms with Gasteiger partial charge in [0.15, 0.2) is 5.82 Å². The molecule has 4 rings (SSSR count). The van der Waals surface area contributed by atoms with Gasteiger partial charge in [-0.1, -0.05) is 6.42 Å². The van der Waals surface area contributed by atoms with Crippen molar-refractivity contribution in [2.24, 2.45) is 0 Å². The Morgan fingerprint density at radius 1 is 1.27 bits per heavy atom. The van der Waals surface area contributed by atoms with E-state index in [4.69, 9.17) is 11.0 Å². The predicted octanol–water partition coefficient (Wildman–Crippen LogP) is 3.18. The van der Waals surface area contributed by atoms with Crippen LogP contribution >= 0.6 is 11.3 Å². The Bertz CT molecular complexity index is 966. The van der Waals surface area contributed by atoms with Gasteiger partial charge in [-0.25, -0.2) is 9.97 Å². The van der Waals surface area contributed by atoms with Crippen LogP contribution in [0, 0.1) is 11.3 Å². The summed E-state index contributed by atoms with van der Waals surface area (Å²) in [5.74, 6) is 1.27. The number of nitrogens with two attached hydrogens (primary N) is 1. The summed E-state index contributed by atoms with van der Waals surface area (Å²) >= 11 is 1.81. The van der Waals surface area contributed by atoms with Gasteiger partial charge in [-0.2, -0.15) is 10.4 Å². The van der Waals surface area contributed by atoms with E-state index in [0.29, 0.717) is 11.4 Å². The molecule has 8 heteroatoms. The lowest BCUT2D eigenvalue weighted by molar-refractivity contribution is 0.687. The molecule has 0 spiro atoms. The van der Waals surface area contributed by atoms with Crippen LogP contribution in [0.2, 0.25) is 0 Å². The van der Waals surface area contributed by atoms with Crippen LogP contribution in [0.1, 0.15) is 47.4 Å². The number of nitriles is 1. The molecule has 0 aromatic carbocycles. The molecule has 0 radical (unpaired) electrons. The number of fused-ring (bicyclic) bond motifs is 3. The number of hydrogen-bond donors (Lipinski definition) is 3. The molecule has 0 bridgehead atoms. The third-order valence-electron chi connectivity index (χ3n) is 4.88. The smallest absolute Gasteiger partial charge is 0.163 e. The Kier molecular flexibility index (Phi) is 4.71. The minimum atomic E-state index is 0.292. The van der Waals surface area contributed by atoms with E-state index < -0.39 is 0 Å². The second-order valence-electron chi connectivity index (χ2n) is 6.57. The van der Waals surface area contributed by atoms with E-state index in [9.17, 15) is 0 Å². The van der Waals surface area contributed by atoms with Gasteiger partial charge in [-0.15, -0.1) is 11.3 Å². The first kappa shape index (κ1) is 16.8. The zero-order chi connectivity index (χ0) is 17.9. The van der Waals surface area contributed by atoms with Gasteiger partial charge in [0.25, 0.3) is 0 Å². The molecule has 3 aromatic rings. The van der Waals surface area contributed by atoms with Crippen LogP contribution in [-0.4, -0.2) is 26.7 Å². The molecule has 0 atom stereocenters. The summed E-state index contributed by atoms with van der Waals surface area (Å²) in [7, 11) is 0. The number of aryl methyl sites for hydroxylation is 3. The molecule has 1 aliphatic carbocycles. The lowest BCUT2D eigenvalue weighted by atomic mass is 10.1. The number of anilines is 2. The third kappa shape index (κ3) is 3.10. The number of H-pyrrole nitrogens is 1. The van der Waals surface area contributed by atoms with E-state index in [1.165, 1.54) is 28.7 Å². The van der Waals surface area contributed by atoms with Gasteiger partial charge in [0.2, 0.25) is 0 Å². The molecule has 0 unspecified atom stereocenters. The van der Waals surface area contributed by atoms with Crippen molar-refractivity contribution in [2.75, 3.05) is 17.6 Å². The van der Waals surface area contributed by atoms with Crippen molar-refractivity contribution in [2.45, 2.75) is 44.9 Å². The summed E-state index contributed by atoms with van der Waals surface area (Å²) in [6, 6.07) is 2.11. The van der Waals surface area contributed by atoms with Crippen molar-refractivity contribution in [3.8, 4) is 6.07 Å². The maximum atomic E-state index is 9.08. The number of nitrogens with one attached hydrogen (secondary N) is 2. The van der Waals surface area contributed by atoms with Crippen molar-refractivity contribution in [1.82, 2.24) is 20.2 Å². The van der Waals surface area contributed by atoms with Crippen LogP contribution in [0.3, 0.4) is 0 Å². The monoisotopic (exact) mass is 367 g/mol. The Balaban J connectivity index is 1.29. The van der Waals surface area contributed by atoms with Gasteiger partial charge in [0, 0.05) is 11.4 Å². The van der Waals surface area contributed by atoms with Gasteiger partial charge in [0.05, 0.1) is 11.1 Å². The maximum absolute atomic E-state index is 9.08. The summed E-state index contributed by atoms with van der Waals surface area (Å²) in [5, 5.41) is 20.6. The number of nitrogen functional groups attached to an aromatic ring is 1. The molecule has 7 nitrogen and oxygen atoms in total. The average molecular weight is 367 g/mol. The number of nitrogens with zero attached hydrogens (tertiary/aromatic N) is 4. The van der Waals surface area contributed by atoms with E-state index in [-0.39, 0.29) is 0 Å². The molecular weight excluding hydrogens is 346 g/mol. The number of rotatable bonds is 7. The van der Waals surface area contributed by atoms with Gasteiger partial charge in [0.1, 0.15) is 28.6 Å². The van der Waals surface area contributed by atoms with Crippen molar-refractivity contribution < 1.29 is 0 Å². The van der Waals surface area contributed by atoms with Crippen LogP contribution < -0.4 is 11.1 Å². The molecule has 1 aliphatic rings. The fraction of sp³-hybridized carbons (Fsp3) is 0.444. The molecule has 0 aliphatic heterocycles. The summed E-state index contributed by atoms with van der Waals surface area (Å²) in [6.45, 7) is 0.882. The predicted molar refractivity (Wildman–Crippen MR) is 103 cm³/mol. The third-order valence-corrected chi connectivity index (χ3v) is 6.08. The summed E-state index contributed by atoms with van der Waals surface area (Å²) in [4.78, 5) is 11.5. The highest BCUT2D eigenvalue weighted by atomic mass is 32.1. The highest BCUT2D eigenvalue weighted by Gasteiger charge is 2.20. The topological polar surface area (TPSA) is 116 Å².